The molecule has 152 valence electrons. The summed E-state index contributed by atoms with van der Waals surface area (Å²) in [6.07, 6.45) is 6.20. The number of carbonyl (C=O) groups is 1. The molecule has 1 aliphatic rings. The van der Waals surface area contributed by atoms with Gasteiger partial charge in [-0.25, -0.2) is 4.98 Å². The van der Waals surface area contributed by atoms with Gasteiger partial charge in [-0.2, -0.15) is 4.40 Å². The number of hydrogen-bond acceptors (Lipinski definition) is 3. The lowest BCUT2D eigenvalue weighted by Crippen LogP contribution is -3.09. The number of rotatable bonds is 5. The highest BCUT2D eigenvalue weighted by molar-refractivity contribution is 5.98. The van der Waals surface area contributed by atoms with Crippen molar-refractivity contribution in [2.75, 3.05) is 13.1 Å². The van der Waals surface area contributed by atoms with Gasteiger partial charge in [0, 0.05) is 30.7 Å². The van der Waals surface area contributed by atoms with Crippen LogP contribution < -0.4 is 14.6 Å². The Balaban J connectivity index is 1.39. The molecule has 4 aromatic rings. The van der Waals surface area contributed by atoms with E-state index in [1.807, 2.05) is 59.3 Å². The first kappa shape index (κ1) is 18.7. The highest BCUT2D eigenvalue weighted by Crippen LogP contribution is 2.17. The van der Waals surface area contributed by atoms with Crippen LogP contribution in [-0.4, -0.2) is 40.2 Å². The van der Waals surface area contributed by atoms with Crippen LogP contribution in [0.4, 0.5) is 0 Å². The molecule has 7 nitrogen and oxygen atoms in total. The molecule has 0 bridgehead atoms. The number of amides is 1. The van der Waals surface area contributed by atoms with E-state index in [2.05, 4.69) is 15.3 Å². The van der Waals surface area contributed by atoms with Crippen LogP contribution in [0.2, 0.25) is 0 Å². The van der Waals surface area contributed by atoms with Gasteiger partial charge in [-0.3, -0.25) is 9.78 Å². The summed E-state index contributed by atoms with van der Waals surface area (Å²) < 4.78 is 2.03. The number of aliphatic hydroxyl groups excluding tert-OH is 1. The average Bonchev–Trinajstić information content (AvgIpc) is 3.36. The van der Waals surface area contributed by atoms with Crippen LogP contribution >= 0.6 is 0 Å². The van der Waals surface area contributed by atoms with Crippen molar-refractivity contribution in [3.8, 4) is 0 Å². The normalized spacial score (nSPS) is 18.8. The maximum atomic E-state index is 13.0. The molecule has 1 aliphatic heterocycles. The summed E-state index contributed by atoms with van der Waals surface area (Å²) in [5.41, 5.74) is 2.39. The third kappa shape index (κ3) is 3.53. The summed E-state index contributed by atoms with van der Waals surface area (Å²) in [6.45, 7) is 2.82. The molecule has 0 spiro atoms. The summed E-state index contributed by atoms with van der Waals surface area (Å²) in [5.74, 6) is 0.820. The fourth-order valence-electron chi connectivity index (χ4n) is 4.34. The van der Waals surface area contributed by atoms with Gasteiger partial charge < -0.3 is 15.3 Å². The van der Waals surface area contributed by atoms with Crippen LogP contribution in [0.3, 0.4) is 0 Å². The number of aliphatic hydroxyl groups is 1. The molecule has 1 saturated heterocycles. The maximum Gasteiger partial charge on any atom is 0.316 e. The van der Waals surface area contributed by atoms with Gasteiger partial charge in [-0.1, -0.05) is 30.3 Å². The zero-order chi connectivity index (χ0) is 20.5. The molecule has 30 heavy (non-hydrogen) atoms. The monoisotopic (exact) mass is 403 g/mol. The molecule has 4 N–H and O–H groups in total. The van der Waals surface area contributed by atoms with Gasteiger partial charge in [0.1, 0.15) is 12.6 Å². The smallest absolute Gasteiger partial charge is 0.316 e. The van der Waals surface area contributed by atoms with E-state index in [4.69, 9.17) is 0 Å². The molecule has 1 amide bonds. The molecule has 0 aliphatic carbocycles. The fraction of sp³-hybridized carbons (Fsp3) is 0.261. The summed E-state index contributed by atoms with van der Waals surface area (Å²) in [7, 11) is 0. The zero-order valence-corrected chi connectivity index (χ0v) is 16.6. The van der Waals surface area contributed by atoms with E-state index >= 15 is 0 Å². The number of likely N-dealkylation sites (tertiary alicyclic amines) is 1. The van der Waals surface area contributed by atoms with E-state index in [9.17, 15) is 9.90 Å². The fourth-order valence-corrected chi connectivity index (χ4v) is 4.34. The molecule has 2 atom stereocenters. The van der Waals surface area contributed by atoms with Crippen molar-refractivity contribution < 1.29 is 19.2 Å². The van der Waals surface area contributed by atoms with Crippen molar-refractivity contribution in [2.24, 2.45) is 0 Å². The van der Waals surface area contributed by atoms with Crippen LogP contribution in [0.1, 0.15) is 28.3 Å². The second-order valence-electron chi connectivity index (χ2n) is 7.93. The second kappa shape index (κ2) is 7.85. The number of imidazole rings is 1. The minimum atomic E-state index is -0.233. The zero-order valence-electron chi connectivity index (χ0n) is 16.6. The van der Waals surface area contributed by atoms with Gasteiger partial charge in [0.25, 0.3) is 5.91 Å². The highest BCUT2D eigenvalue weighted by atomic mass is 16.3. The van der Waals surface area contributed by atoms with E-state index in [1.54, 1.807) is 6.20 Å². The van der Waals surface area contributed by atoms with Gasteiger partial charge in [0.15, 0.2) is 12.1 Å². The third-order valence-electron chi connectivity index (χ3n) is 5.87. The number of nitrogens with zero attached hydrogens (tertiary/aromatic N) is 2. The number of pyridine rings is 2. The molecular formula is C23H25N5O2+2. The Hall–Kier alpha value is -3.29. The van der Waals surface area contributed by atoms with Crippen LogP contribution in [0.15, 0.2) is 61.1 Å². The lowest BCUT2D eigenvalue weighted by molar-refractivity contribution is -0.908. The number of hydrogen-bond donors (Lipinski definition) is 4. The van der Waals surface area contributed by atoms with Gasteiger partial charge in [-0.15, -0.1) is 0 Å². The predicted molar refractivity (Wildman–Crippen MR) is 112 cm³/mol. The first-order chi connectivity index (χ1) is 14.7. The van der Waals surface area contributed by atoms with Crippen molar-refractivity contribution in [3.63, 3.8) is 0 Å². The van der Waals surface area contributed by atoms with Gasteiger partial charge in [0.05, 0.1) is 12.7 Å². The van der Waals surface area contributed by atoms with Crippen molar-refractivity contribution in [3.05, 3.63) is 78.1 Å². The van der Waals surface area contributed by atoms with Crippen molar-refractivity contribution in [2.45, 2.75) is 25.6 Å². The molecule has 4 heterocycles. The molecule has 1 aromatic carbocycles. The minimum Gasteiger partial charge on any atom is -0.387 e. The van der Waals surface area contributed by atoms with E-state index in [0.29, 0.717) is 12.2 Å². The quantitative estimate of drug-likeness (QED) is 0.364. The topological polar surface area (TPSA) is 86.5 Å². The van der Waals surface area contributed by atoms with E-state index in [-0.39, 0.29) is 12.0 Å². The second-order valence-corrected chi connectivity index (χ2v) is 7.93. The summed E-state index contributed by atoms with van der Waals surface area (Å²) in [6, 6.07) is 13.9. The van der Waals surface area contributed by atoms with Crippen LogP contribution in [-0.2, 0) is 13.1 Å². The highest BCUT2D eigenvalue weighted by Gasteiger charge is 2.30. The van der Waals surface area contributed by atoms with E-state index in [0.717, 1.165) is 53.7 Å². The summed E-state index contributed by atoms with van der Waals surface area (Å²) in [4.78, 5) is 22.0. The molecule has 2 unspecified atom stereocenters. The van der Waals surface area contributed by atoms with E-state index in [1.165, 1.54) is 4.90 Å². The Morgan fingerprint density at radius 2 is 2.10 bits per heavy atom. The number of benzene rings is 1. The molecule has 3 aromatic heterocycles. The SMILES string of the molecule is O=C(NCc1cncc2ccccc12)c1[nH]c(C[NH+]2CCC(O)C2)[n+]2ccccc12. The predicted octanol–water partition coefficient (Wildman–Crippen LogP) is 0.381. The van der Waals surface area contributed by atoms with Crippen molar-refractivity contribution in [1.82, 2.24) is 15.3 Å². The summed E-state index contributed by atoms with van der Waals surface area (Å²) in [5, 5.41) is 15.0. The summed E-state index contributed by atoms with van der Waals surface area (Å²) >= 11 is 0. The number of aromatic nitrogens is 3. The minimum absolute atomic E-state index is 0.144. The lowest BCUT2D eigenvalue weighted by atomic mass is 10.1. The number of nitrogens with one attached hydrogen (secondary N) is 3. The standard InChI is InChI=1S/C23H23N5O2/c29-18-8-10-27(14-18)15-21-26-22(20-7-3-4-9-28(20)21)23(30)25-13-17-12-24-11-16-5-1-2-6-19(16)17/h1-7,9,11-12,18,29H,8,10,13-15H2,(H,25,30)/p+2. The molecule has 5 rings (SSSR count). The van der Waals surface area contributed by atoms with Gasteiger partial charge in [0.2, 0.25) is 5.69 Å². The molecule has 0 saturated carbocycles. The molecule has 7 heteroatoms. The Morgan fingerprint density at radius 3 is 2.97 bits per heavy atom. The van der Waals surface area contributed by atoms with Gasteiger partial charge >= 0.3 is 5.82 Å². The number of quaternary nitrogens is 1. The van der Waals surface area contributed by atoms with Crippen molar-refractivity contribution >= 4 is 22.2 Å². The van der Waals surface area contributed by atoms with Crippen LogP contribution in [0.5, 0.6) is 0 Å². The Morgan fingerprint density at radius 1 is 1.23 bits per heavy atom. The average molecular weight is 403 g/mol. The number of fused-ring (bicyclic) bond motifs is 2. The van der Waals surface area contributed by atoms with Crippen LogP contribution in [0, 0.1) is 0 Å². The third-order valence-corrected chi connectivity index (χ3v) is 5.87. The van der Waals surface area contributed by atoms with Crippen LogP contribution in [0.25, 0.3) is 16.3 Å². The van der Waals surface area contributed by atoms with Gasteiger partial charge in [-0.05, 0) is 23.1 Å². The molecule has 0 radical (unpaired) electrons. The largest absolute Gasteiger partial charge is 0.387 e. The number of carbonyl (C=O) groups excluding carboxylic acids is 1. The Labute approximate surface area is 174 Å². The Bertz CT molecular complexity index is 1210. The maximum absolute atomic E-state index is 13.0. The number of H-pyrrole nitrogens is 1. The molecular weight excluding hydrogens is 378 g/mol. The molecule has 1 fully saturated rings. The lowest BCUT2D eigenvalue weighted by Gasteiger charge is -2.08. The number of aromatic amines is 1. The first-order valence-electron chi connectivity index (χ1n) is 10.3. The Kier molecular flexibility index (Phi) is 4.90. The van der Waals surface area contributed by atoms with E-state index < -0.39 is 0 Å². The first-order valence-corrected chi connectivity index (χ1v) is 10.3. The van der Waals surface area contributed by atoms with Crippen molar-refractivity contribution in [1.29, 1.82) is 0 Å².